The van der Waals surface area contributed by atoms with Crippen LogP contribution in [0.4, 0.5) is 0 Å². The van der Waals surface area contributed by atoms with Crippen LogP contribution in [0.25, 0.3) is 5.76 Å². The molecule has 0 aromatic heterocycles. The number of amides is 1. The minimum absolute atomic E-state index is 0.0402. The SMILES string of the molecule is CCOc1ccc(/C(O)=C2/C(=O)C(=O)N(CCCOC(C)C)C2c2ccccc2OC)cc1. The van der Waals surface area contributed by atoms with Gasteiger partial charge >= 0.3 is 0 Å². The van der Waals surface area contributed by atoms with Gasteiger partial charge in [-0.1, -0.05) is 18.2 Å². The molecule has 1 unspecified atom stereocenters. The third-order valence-corrected chi connectivity index (χ3v) is 5.41. The van der Waals surface area contributed by atoms with E-state index < -0.39 is 17.7 Å². The van der Waals surface area contributed by atoms with Gasteiger partial charge in [-0.15, -0.1) is 0 Å². The molecule has 33 heavy (non-hydrogen) atoms. The van der Waals surface area contributed by atoms with E-state index in [1.165, 1.54) is 12.0 Å². The van der Waals surface area contributed by atoms with Crippen molar-refractivity contribution >= 4 is 17.4 Å². The first kappa shape index (κ1) is 24.3. The normalized spacial score (nSPS) is 17.6. The molecule has 0 radical (unpaired) electrons. The predicted molar refractivity (Wildman–Crippen MR) is 125 cm³/mol. The van der Waals surface area contributed by atoms with Crippen LogP contribution >= 0.6 is 0 Å². The Labute approximate surface area is 194 Å². The van der Waals surface area contributed by atoms with Crippen molar-refractivity contribution < 1.29 is 28.9 Å². The second-order valence-corrected chi connectivity index (χ2v) is 7.96. The molecule has 1 aliphatic heterocycles. The maximum Gasteiger partial charge on any atom is 0.295 e. The molecule has 1 N–H and O–H groups in total. The maximum atomic E-state index is 13.1. The molecule has 1 atom stereocenters. The quantitative estimate of drug-likeness (QED) is 0.249. The average Bonchev–Trinajstić information content (AvgIpc) is 3.06. The van der Waals surface area contributed by atoms with E-state index in [1.54, 1.807) is 36.4 Å². The van der Waals surface area contributed by atoms with Crippen molar-refractivity contribution in [2.24, 2.45) is 0 Å². The number of carbonyl (C=O) groups is 2. The topological polar surface area (TPSA) is 85.3 Å². The fourth-order valence-electron chi connectivity index (χ4n) is 3.91. The van der Waals surface area contributed by atoms with Gasteiger partial charge in [0.05, 0.1) is 31.4 Å². The molecule has 0 aliphatic carbocycles. The Kier molecular flexibility index (Phi) is 8.11. The number of rotatable bonds is 10. The van der Waals surface area contributed by atoms with Crippen molar-refractivity contribution in [1.29, 1.82) is 0 Å². The molecule has 176 valence electrons. The van der Waals surface area contributed by atoms with Gasteiger partial charge in [0.15, 0.2) is 0 Å². The molecular formula is C26H31NO6. The Bertz CT molecular complexity index is 1010. The molecule has 1 fully saturated rings. The molecule has 0 saturated carbocycles. The molecular weight excluding hydrogens is 422 g/mol. The number of Topliss-reactive ketones (excluding diaryl/α,β-unsaturated/α-hetero) is 1. The van der Waals surface area contributed by atoms with Gasteiger partial charge in [0.2, 0.25) is 0 Å². The Morgan fingerprint density at radius 1 is 1.09 bits per heavy atom. The third kappa shape index (κ3) is 5.37. The molecule has 0 spiro atoms. The van der Waals surface area contributed by atoms with Crippen LogP contribution in [0.1, 0.15) is 44.4 Å². The van der Waals surface area contributed by atoms with Crippen LogP contribution in [0.3, 0.4) is 0 Å². The largest absolute Gasteiger partial charge is 0.507 e. The second-order valence-electron chi connectivity index (χ2n) is 7.96. The molecule has 3 rings (SSSR count). The first-order valence-corrected chi connectivity index (χ1v) is 11.1. The fourth-order valence-corrected chi connectivity index (χ4v) is 3.91. The standard InChI is InChI=1S/C26H31NO6/c1-5-32-19-13-11-18(12-14-19)24(28)22-23(20-9-6-7-10-21(20)31-4)27(26(30)25(22)29)15-8-16-33-17(2)3/h6-7,9-14,17,23,28H,5,8,15-16H2,1-4H3/b24-22-. The predicted octanol–water partition coefficient (Wildman–Crippen LogP) is 4.33. The number of aliphatic hydroxyl groups is 1. The summed E-state index contributed by atoms with van der Waals surface area (Å²) in [7, 11) is 1.54. The summed E-state index contributed by atoms with van der Waals surface area (Å²) in [5.74, 6) is -0.412. The number of ketones is 1. The third-order valence-electron chi connectivity index (χ3n) is 5.41. The summed E-state index contributed by atoms with van der Waals surface area (Å²) >= 11 is 0. The van der Waals surface area contributed by atoms with E-state index in [9.17, 15) is 14.7 Å². The lowest BCUT2D eigenvalue weighted by Gasteiger charge is -2.26. The first-order chi connectivity index (χ1) is 15.9. The zero-order valence-corrected chi connectivity index (χ0v) is 19.5. The lowest BCUT2D eigenvalue weighted by atomic mass is 9.94. The molecule has 0 bridgehead atoms. The highest BCUT2D eigenvalue weighted by atomic mass is 16.5. The number of para-hydroxylation sites is 1. The molecule has 1 saturated heterocycles. The minimum atomic E-state index is -0.772. The molecule has 7 heteroatoms. The average molecular weight is 454 g/mol. The number of likely N-dealkylation sites (tertiary alicyclic amines) is 1. The summed E-state index contributed by atoms with van der Waals surface area (Å²) in [6.07, 6.45) is 0.630. The zero-order chi connectivity index (χ0) is 24.0. The van der Waals surface area contributed by atoms with Gasteiger partial charge < -0.3 is 24.2 Å². The van der Waals surface area contributed by atoms with Crippen LogP contribution < -0.4 is 9.47 Å². The Hall–Kier alpha value is -3.32. The smallest absolute Gasteiger partial charge is 0.295 e. The van der Waals surface area contributed by atoms with Crippen molar-refractivity contribution in [2.75, 3.05) is 26.9 Å². The van der Waals surface area contributed by atoms with E-state index in [1.807, 2.05) is 32.9 Å². The molecule has 7 nitrogen and oxygen atoms in total. The number of hydrogen-bond donors (Lipinski definition) is 1. The van der Waals surface area contributed by atoms with Crippen LogP contribution in [0.2, 0.25) is 0 Å². The van der Waals surface area contributed by atoms with Crippen LogP contribution in [0, 0.1) is 0 Å². The zero-order valence-electron chi connectivity index (χ0n) is 19.5. The Morgan fingerprint density at radius 3 is 2.42 bits per heavy atom. The van der Waals surface area contributed by atoms with Gasteiger partial charge in [0.25, 0.3) is 11.7 Å². The van der Waals surface area contributed by atoms with E-state index >= 15 is 0 Å². The number of aliphatic hydroxyl groups excluding tert-OH is 1. The lowest BCUT2D eigenvalue weighted by molar-refractivity contribution is -0.140. The van der Waals surface area contributed by atoms with Crippen LogP contribution in [0.15, 0.2) is 54.1 Å². The van der Waals surface area contributed by atoms with Gasteiger partial charge in [-0.2, -0.15) is 0 Å². The van der Waals surface area contributed by atoms with Crippen LogP contribution in [0.5, 0.6) is 11.5 Å². The van der Waals surface area contributed by atoms with Crippen molar-refractivity contribution in [3.8, 4) is 11.5 Å². The minimum Gasteiger partial charge on any atom is -0.507 e. The summed E-state index contributed by atoms with van der Waals surface area (Å²) in [5, 5.41) is 11.2. The van der Waals surface area contributed by atoms with Gasteiger partial charge in [-0.25, -0.2) is 0 Å². The van der Waals surface area contributed by atoms with Gasteiger partial charge in [0, 0.05) is 24.3 Å². The molecule has 2 aromatic rings. The summed E-state index contributed by atoms with van der Waals surface area (Å²) in [4.78, 5) is 27.6. The second kappa shape index (κ2) is 11.0. The summed E-state index contributed by atoms with van der Waals surface area (Å²) in [5.41, 5.74) is 1.11. The number of methoxy groups -OCH3 is 1. The highest BCUT2D eigenvalue weighted by Crippen LogP contribution is 2.42. The number of carbonyl (C=O) groups excluding carboxylic acids is 2. The van der Waals surface area contributed by atoms with E-state index in [2.05, 4.69) is 0 Å². The summed E-state index contributed by atoms with van der Waals surface area (Å²) in [6.45, 7) is 7.05. The monoisotopic (exact) mass is 453 g/mol. The molecule has 2 aromatic carbocycles. The fraction of sp³-hybridized carbons (Fsp3) is 0.385. The van der Waals surface area contributed by atoms with E-state index in [0.29, 0.717) is 48.8 Å². The van der Waals surface area contributed by atoms with Crippen molar-refractivity contribution in [2.45, 2.75) is 39.3 Å². The molecule has 1 aliphatic rings. The number of nitrogens with zero attached hydrogens (tertiary/aromatic N) is 1. The van der Waals surface area contributed by atoms with E-state index in [4.69, 9.17) is 14.2 Å². The van der Waals surface area contributed by atoms with E-state index in [-0.39, 0.29) is 17.4 Å². The number of benzene rings is 2. The Balaban J connectivity index is 2.05. The van der Waals surface area contributed by atoms with Gasteiger partial charge in [-0.3, -0.25) is 9.59 Å². The van der Waals surface area contributed by atoms with E-state index in [0.717, 1.165) is 0 Å². The van der Waals surface area contributed by atoms with Crippen molar-refractivity contribution in [1.82, 2.24) is 4.90 Å². The van der Waals surface area contributed by atoms with Crippen LogP contribution in [-0.4, -0.2) is 54.7 Å². The van der Waals surface area contributed by atoms with Crippen LogP contribution in [-0.2, 0) is 14.3 Å². The van der Waals surface area contributed by atoms with Crippen molar-refractivity contribution in [3.63, 3.8) is 0 Å². The summed E-state index contributed by atoms with van der Waals surface area (Å²) in [6, 6.07) is 13.2. The number of ether oxygens (including phenoxy) is 3. The molecule has 1 amide bonds. The number of hydrogen-bond acceptors (Lipinski definition) is 6. The van der Waals surface area contributed by atoms with Gasteiger partial charge in [-0.05, 0) is 57.5 Å². The highest BCUT2D eigenvalue weighted by molar-refractivity contribution is 6.46. The lowest BCUT2D eigenvalue weighted by Crippen LogP contribution is -2.31. The highest BCUT2D eigenvalue weighted by Gasteiger charge is 2.46. The first-order valence-electron chi connectivity index (χ1n) is 11.1. The van der Waals surface area contributed by atoms with Crippen molar-refractivity contribution in [3.05, 3.63) is 65.2 Å². The van der Waals surface area contributed by atoms with Gasteiger partial charge in [0.1, 0.15) is 17.3 Å². The maximum absolute atomic E-state index is 13.1. The molecule has 1 heterocycles. The Morgan fingerprint density at radius 2 is 1.79 bits per heavy atom. The summed E-state index contributed by atoms with van der Waals surface area (Å²) < 4.78 is 16.6.